The fourth-order valence-electron chi connectivity index (χ4n) is 10.8. The zero-order chi connectivity index (χ0) is 59.9. The lowest BCUT2D eigenvalue weighted by atomic mass is 10.0. The molecule has 0 saturated heterocycles. The minimum atomic E-state index is -0.780. The molecule has 0 amide bonds. The van der Waals surface area contributed by atoms with Gasteiger partial charge in [0.1, 0.15) is 13.2 Å². The number of ether oxygens (including phenoxy) is 3. The fraction of sp³-hybridized carbons (Fsp3) is 0.805. The third-order valence-electron chi connectivity index (χ3n) is 16.2. The van der Waals surface area contributed by atoms with E-state index in [1.807, 2.05) is 0 Å². The molecule has 0 aromatic rings. The van der Waals surface area contributed by atoms with Crippen molar-refractivity contribution in [2.45, 2.75) is 386 Å². The number of carbonyl (C=O) groups is 3. The smallest absolute Gasteiger partial charge is 0.306 e. The fourth-order valence-corrected chi connectivity index (χ4v) is 10.8. The van der Waals surface area contributed by atoms with Gasteiger partial charge in [-0.3, -0.25) is 14.4 Å². The molecule has 0 aliphatic rings. The van der Waals surface area contributed by atoms with E-state index in [1.54, 1.807) is 0 Å². The number of rotatable bonds is 67. The van der Waals surface area contributed by atoms with Crippen LogP contribution in [0.25, 0.3) is 0 Å². The predicted molar refractivity (Wildman–Crippen MR) is 362 cm³/mol. The van der Waals surface area contributed by atoms with Crippen molar-refractivity contribution in [3.63, 3.8) is 0 Å². The average Bonchev–Trinajstić information content (AvgIpc) is 3.50. The molecule has 0 aromatic carbocycles. The maximum absolute atomic E-state index is 13.0. The van der Waals surface area contributed by atoms with Gasteiger partial charge < -0.3 is 14.2 Å². The van der Waals surface area contributed by atoms with E-state index in [2.05, 4.69) is 93.7 Å². The second-order valence-corrected chi connectivity index (χ2v) is 24.5. The number of carbonyl (C=O) groups excluding carboxylic acids is 3. The topological polar surface area (TPSA) is 78.9 Å². The molecule has 1 unspecified atom stereocenters. The van der Waals surface area contributed by atoms with E-state index in [0.717, 1.165) is 103 Å². The first-order valence-electron chi connectivity index (χ1n) is 36.4. The van der Waals surface area contributed by atoms with E-state index in [4.69, 9.17) is 14.2 Å². The summed E-state index contributed by atoms with van der Waals surface area (Å²) in [5.74, 6) is -0.863. The Morgan fingerprint density at radius 1 is 0.253 bits per heavy atom. The zero-order valence-electron chi connectivity index (χ0n) is 55.5. The average molecular weight is 1160 g/mol. The summed E-state index contributed by atoms with van der Waals surface area (Å²) in [6.45, 7) is 6.57. The van der Waals surface area contributed by atoms with Crippen LogP contribution in [0.3, 0.4) is 0 Å². The van der Waals surface area contributed by atoms with Crippen molar-refractivity contribution < 1.29 is 28.6 Å². The molecule has 0 rings (SSSR count). The molecule has 83 heavy (non-hydrogen) atoms. The van der Waals surface area contributed by atoms with Gasteiger partial charge in [-0.05, 0) is 89.9 Å². The van der Waals surface area contributed by atoms with Gasteiger partial charge in [-0.25, -0.2) is 0 Å². The highest BCUT2D eigenvalue weighted by Crippen LogP contribution is 2.18. The van der Waals surface area contributed by atoms with Crippen molar-refractivity contribution >= 4 is 17.9 Å². The number of unbranched alkanes of at least 4 members (excludes halogenated alkanes) is 44. The molecule has 0 N–H and O–H groups in total. The molecule has 0 heterocycles. The summed E-state index contributed by atoms with van der Waals surface area (Å²) < 4.78 is 17.0. The van der Waals surface area contributed by atoms with Crippen LogP contribution >= 0.6 is 0 Å². The summed E-state index contributed by atoms with van der Waals surface area (Å²) in [6.07, 6.45) is 93.6. The van der Waals surface area contributed by atoms with Crippen molar-refractivity contribution in [1.29, 1.82) is 0 Å². The molecule has 0 bridgehead atoms. The lowest BCUT2D eigenvalue weighted by Gasteiger charge is -2.18. The Morgan fingerprint density at radius 3 is 0.747 bits per heavy atom. The van der Waals surface area contributed by atoms with Crippen LogP contribution in [0.15, 0.2) is 72.9 Å². The Morgan fingerprint density at radius 2 is 0.470 bits per heavy atom. The van der Waals surface area contributed by atoms with Crippen LogP contribution in [0.1, 0.15) is 380 Å². The first kappa shape index (κ1) is 79.8. The van der Waals surface area contributed by atoms with Gasteiger partial charge >= 0.3 is 17.9 Å². The summed E-state index contributed by atoms with van der Waals surface area (Å²) in [5, 5.41) is 0. The van der Waals surface area contributed by atoms with Crippen LogP contribution in [0.2, 0.25) is 0 Å². The van der Waals surface area contributed by atoms with Crippen LogP contribution in [0, 0.1) is 0 Å². The van der Waals surface area contributed by atoms with E-state index < -0.39 is 6.10 Å². The first-order chi connectivity index (χ1) is 41.0. The number of esters is 3. The summed E-state index contributed by atoms with van der Waals surface area (Å²) in [5.41, 5.74) is 0. The van der Waals surface area contributed by atoms with Crippen molar-refractivity contribution in [2.75, 3.05) is 13.2 Å². The summed E-state index contributed by atoms with van der Waals surface area (Å²) in [4.78, 5) is 38.5. The van der Waals surface area contributed by atoms with Crippen molar-refractivity contribution in [2.24, 2.45) is 0 Å². The molecule has 0 aliphatic carbocycles. The summed E-state index contributed by atoms with van der Waals surface area (Å²) >= 11 is 0. The maximum atomic E-state index is 13.0. The lowest BCUT2D eigenvalue weighted by Crippen LogP contribution is -2.30. The van der Waals surface area contributed by atoms with Gasteiger partial charge in [-0.2, -0.15) is 0 Å². The maximum Gasteiger partial charge on any atom is 0.306 e. The largest absolute Gasteiger partial charge is 0.462 e. The minimum Gasteiger partial charge on any atom is -0.462 e. The van der Waals surface area contributed by atoms with Crippen LogP contribution in [-0.4, -0.2) is 37.2 Å². The van der Waals surface area contributed by atoms with E-state index in [1.165, 1.54) is 238 Å². The standard InChI is InChI=1S/C77H138O6/c1-4-7-10-13-16-19-22-25-28-31-33-35-36-37-38-39-40-41-42-43-45-46-49-52-55-58-61-64-67-70-76(79)82-73-74(72-81-75(78)69-66-63-60-57-54-51-48-30-27-24-21-18-15-12-9-6-3)83-77(80)71-68-65-62-59-56-53-50-47-44-34-32-29-26-23-20-17-14-11-8-5-2/h7,10,16,19,21,24-25,28,30,33,35,48,74H,4-6,8-9,11-15,17-18,20,22-23,26-27,29,31-32,34,36-47,49-73H2,1-3H3/b10-7-,19-16-,24-21-,28-25-,35-33-,48-30-. The molecule has 6 heteroatoms. The third kappa shape index (κ3) is 69.5. The van der Waals surface area contributed by atoms with Crippen molar-refractivity contribution in [3.8, 4) is 0 Å². The minimum absolute atomic E-state index is 0.0748. The molecule has 0 saturated carbocycles. The summed E-state index contributed by atoms with van der Waals surface area (Å²) in [6, 6.07) is 0. The SMILES string of the molecule is CC/C=C\C/C=C\C/C=C\C/C=C\CCCCCCCCCCCCCCCCCCC(=O)OCC(COC(=O)CCCCCCC/C=C\C/C=C\CCCCCC)OC(=O)CCCCCCCCCCCCCCCCCCCCCC. The van der Waals surface area contributed by atoms with Crippen LogP contribution in [0.5, 0.6) is 0 Å². The van der Waals surface area contributed by atoms with Gasteiger partial charge in [0.15, 0.2) is 6.10 Å². The van der Waals surface area contributed by atoms with Crippen LogP contribution in [-0.2, 0) is 28.6 Å². The molecule has 6 nitrogen and oxygen atoms in total. The van der Waals surface area contributed by atoms with Crippen LogP contribution < -0.4 is 0 Å². The monoisotopic (exact) mass is 1160 g/mol. The first-order valence-corrected chi connectivity index (χ1v) is 36.4. The van der Waals surface area contributed by atoms with E-state index in [-0.39, 0.29) is 31.1 Å². The Kier molecular flexibility index (Phi) is 68.6. The van der Waals surface area contributed by atoms with E-state index >= 15 is 0 Å². The zero-order valence-corrected chi connectivity index (χ0v) is 55.5. The third-order valence-corrected chi connectivity index (χ3v) is 16.2. The van der Waals surface area contributed by atoms with Gasteiger partial charge in [0.2, 0.25) is 0 Å². The van der Waals surface area contributed by atoms with Crippen molar-refractivity contribution in [1.82, 2.24) is 0 Å². The van der Waals surface area contributed by atoms with Gasteiger partial charge in [-0.15, -0.1) is 0 Å². The second-order valence-electron chi connectivity index (χ2n) is 24.5. The van der Waals surface area contributed by atoms with E-state index in [0.29, 0.717) is 19.3 Å². The molecular formula is C77H138O6. The predicted octanol–water partition coefficient (Wildman–Crippen LogP) is 25.2. The molecule has 0 aromatic heterocycles. The molecule has 482 valence electrons. The Labute approximate surface area is 516 Å². The van der Waals surface area contributed by atoms with Crippen LogP contribution in [0.4, 0.5) is 0 Å². The normalized spacial score (nSPS) is 12.5. The van der Waals surface area contributed by atoms with Gasteiger partial charge in [0.25, 0.3) is 0 Å². The molecule has 0 spiro atoms. The quantitative estimate of drug-likeness (QED) is 0.0261. The van der Waals surface area contributed by atoms with Gasteiger partial charge in [0.05, 0.1) is 0 Å². The molecule has 0 aliphatic heterocycles. The number of hydrogen-bond donors (Lipinski definition) is 0. The Hall–Kier alpha value is -3.15. The highest BCUT2D eigenvalue weighted by atomic mass is 16.6. The second kappa shape index (κ2) is 71.3. The Balaban J connectivity index is 4.26. The Bertz CT molecular complexity index is 1520. The number of hydrogen-bond acceptors (Lipinski definition) is 6. The van der Waals surface area contributed by atoms with Gasteiger partial charge in [-0.1, -0.05) is 344 Å². The molecular weight excluding hydrogens is 1020 g/mol. The molecule has 0 radical (unpaired) electrons. The van der Waals surface area contributed by atoms with Crippen molar-refractivity contribution in [3.05, 3.63) is 72.9 Å². The molecule has 0 fully saturated rings. The van der Waals surface area contributed by atoms with E-state index in [9.17, 15) is 14.4 Å². The van der Waals surface area contributed by atoms with Gasteiger partial charge in [0, 0.05) is 19.3 Å². The summed E-state index contributed by atoms with van der Waals surface area (Å²) in [7, 11) is 0. The highest BCUT2D eigenvalue weighted by molar-refractivity contribution is 5.71. The number of allylic oxidation sites excluding steroid dienone is 12. The molecule has 1 atom stereocenters. The highest BCUT2D eigenvalue weighted by Gasteiger charge is 2.19. The lowest BCUT2D eigenvalue weighted by molar-refractivity contribution is -0.167.